The molecule has 2 aromatic carbocycles. The van der Waals surface area contributed by atoms with Crippen LogP contribution in [0.4, 0.5) is 11.4 Å². The number of hydrogen-bond acceptors (Lipinski definition) is 5. The number of fused-ring (bicyclic) bond motifs is 1. The van der Waals surface area contributed by atoms with E-state index in [0.29, 0.717) is 22.4 Å². The molecule has 0 atom stereocenters. The van der Waals surface area contributed by atoms with Crippen molar-refractivity contribution in [1.82, 2.24) is 0 Å². The topological polar surface area (TPSA) is 71.8 Å². The first kappa shape index (κ1) is 16.6. The number of ether oxygens (including phenoxy) is 1. The van der Waals surface area contributed by atoms with Crippen molar-refractivity contribution in [3.63, 3.8) is 0 Å². The minimum absolute atomic E-state index is 0.255. The largest absolute Gasteiger partial charge is 0.497 e. The fourth-order valence-electron chi connectivity index (χ4n) is 2.50. The van der Waals surface area contributed by atoms with Gasteiger partial charge in [0, 0.05) is 43.0 Å². The van der Waals surface area contributed by atoms with E-state index in [1.165, 1.54) is 13.2 Å². The van der Waals surface area contributed by atoms with Gasteiger partial charge in [0.15, 0.2) is 0 Å². The fraction of sp³-hybridized carbons (Fsp3) is 0.158. The molecule has 3 rings (SSSR count). The average Bonchev–Trinajstić information content (AvgIpc) is 2.60. The van der Waals surface area contributed by atoms with E-state index in [2.05, 4.69) is 5.32 Å². The Morgan fingerprint density at radius 2 is 1.80 bits per heavy atom. The van der Waals surface area contributed by atoms with E-state index in [0.717, 1.165) is 5.69 Å². The minimum atomic E-state index is -0.589. The highest BCUT2D eigenvalue weighted by atomic mass is 16.5. The molecule has 3 aromatic rings. The summed E-state index contributed by atoms with van der Waals surface area (Å²) in [5.74, 6) is 0.174. The van der Waals surface area contributed by atoms with Crippen molar-refractivity contribution in [3.05, 3.63) is 64.5 Å². The predicted octanol–water partition coefficient (Wildman–Crippen LogP) is 3.12. The Kier molecular flexibility index (Phi) is 4.43. The third-order valence-corrected chi connectivity index (χ3v) is 3.84. The molecule has 128 valence electrons. The monoisotopic (exact) mass is 338 g/mol. The summed E-state index contributed by atoms with van der Waals surface area (Å²) in [6, 6.07) is 13.6. The lowest BCUT2D eigenvalue weighted by molar-refractivity contribution is 0.102. The van der Waals surface area contributed by atoms with Crippen molar-refractivity contribution in [2.75, 3.05) is 31.4 Å². The van der Waals surface area contributed by atoms with E-state index in [4.69, 9.17) is 9.15 Å². The van der Waals surface area contributed by atoms with Crippen LogP contribution in [0.1, 0.15) is 10.4 Å². The maximum absolute atomic E-state index is 12.6. The molecule has 0 radical (unpaired) electrons. The third kappa shape index (κ3) is 3.47. The fourth-order valence-corrected chi connectivity index (χ4v) is 2.50. The number of nitrogens with zero attached hydrogens (tertiary/aromatic N) is 1. The first-order chi connectivity index (χ1) is 12.0. The van der Waals surface area contributed by atoms with Gasteiger partial charge in [-0.2, -0.15) is 0 Å². The molecular formula is C19H18N2O4. The van der Waals surface area contributed by atoms with Crippen LogP contribution in [-0.4, -0.2) is 27.1 Å². The summed E-state index contributed by atoms with van der Waals surface area (Å²) in [7, 11) is 5.40. The quantitative estimate of drug-likeness (QED) is 0.740. The highest BCUT2D eigenvalue weighted by Crippen LogP contribution is 2.23. The molecule has 1 heterocycles. The van der Waals surface area contributed by atoms with E-state index in [-0.39, 0.29) is 11.5 Å². The van der Waals surface area contributed by atoms with Gasteiger partial charge in [0.25, 0.3) is 5.91 Å². The van der Waals surface area contributed by atoms with Crippen LogP contribution >= 0.6 is 0 Å². The zero-order chi connectivity index (χ0) is 18.0. The van der Waals surface area contributed by atoms with Gasteiger partial charge < -0.3 is 19.4 Å². The van der Waals surface area contributed by atoms with Gasteiger partial charge in [0.05, 0.1) is 12.7 Å². The standard InChI is InChI=1S/C19H18N2O4/c1-21(2)13-6-4-12(5-7-13)20-19(23)16-11-18(22)25-17-10-14(24-3)8-9-15(16)17/h4-11H,1-3H3,(H,20,23). The second-order valence-corrected chi connectivity index (χ2v) is 5.74. The second-order valence-electron chi connectivity index (χ2n) is 5.74. The maximum Gasteiger partial charge on any atom is 0.337 e. The van der Waals surface area contributed by atoms with Crippen molar-refractivity contribution in [2.24, 2.45) is 0 Å². The molecule has 25 heavy (non-hydrogen) atoms. The molecular weight excluding hydrogens is 320 g/mol. The van der Waals surface area contributed by atoms with Gasteiger partial charge in [0.2, 0.25) is 0 Å². The van der Waals surface area contributed by atoms with Gasteiger partial charge >= 0.3 is 5.63 Å². The van der Waals surface area contributed by atoms with Crippen LogP contribution in [0.2, 0.25) is 0 Å². The van der Waals surface area contributed by atoms with Gasteiger partial charge in [-0.1, -0.05) is 0 Å². The van der Waals surface area contributed by atoms with E-state index in [1.807, 2.05) is 43.3 Å². The molecule has 0 bridgehead atoms. The van der Waals surface area contributed by atoms with Crippen molar-refractivity contribution in [1.29, 1.82) is 0 Å². The lowest BCUT2D eigenvalue weighted by atomic mass is 10.1. The van der Waals surface area contributed by atoms with Crippen molar-refractivity contribution in [3.8, 4) is 5.75 Å². The van der Waals surface area contributed by atoms with E-state index < -0.39 is 5.63 Å². The number of anilines is 2. The molecule has 0 saturated carbocycles. The normalized spacial score (nSPS) is 10.5. The average molecular weight is 338 g/mol. The maximum atomic E-state index is 12.6. The van der Waals surface area contributed by atoms with Crippen LogP contribution in [0.3, 0.4) is 0 Å². The van der Waals surface area contributed by atoms with Gasteiger partial charge in [-0.15, -0.1) is 0 Å². The van der Waals surface area contributed by atoms with Crippen molar-refractivity contribution < 1.29 is 13.9 Å². The summed E-state index contributed by atoms with van der Waals surface area (Å²) in [5, 5.41) is 3.35. The zero-order valence-electron chi connectivity index (χ0n) is 14.2. The third-order valence-electron chi connectivity index (χ3n) is 3.84. The Hall–Kier alpha value is -3.28. The number of amides is 1. The van der Waals surface area contributed by atoms with E-state index >= 15 is 0 Å². The Morgan fingerprint density at radius 1 is 1.08 bits per heavy atom. The predicted molar refractivity (Wildman–Crippen MR) is 97.8 cm³/mol. The zero-order valence-corrected chi connectivity index (χ0v) is 14.2. The number of hydrogen-bond donors (Lipinski definition) is 1. The first-order valence-corrected chi connectivity index (χ1v) is 7.68. The Morgan fingerprint density at radius 3 is 2.44 bits per heavy atom. The van der Waals surface area contributed by atoms with Crippen LogP contribution in [0.25, 0.3) is 11.0 Å². The van der Waals surface area contributed by atoms with Crippen LogP contribution in [0.5, 0.6) is 5.75 Å². The number of nitrogens with one attached hydrogen (secondary N) is 1. The van der Waals surface area contributed by atoms with Gasteiger partial charge in [-0.05, 0) is 36.4 Å². The Labute approximate surface area is 144 Å². The molecule has 0 aliphatic carbocycles. The lowest BCUT2D eigenvalue weighted by Crippen LogP contribution is -2.15. The van der Waals surface area contributed by atoms with Crippen LogP contribution in [0.15, 0.2) is 57.7 Å². The molecule has 0 fully saturated rings. The molecule has 0 unspecified atom stereocenters. The second kappa shape index (κ2) is 6.68. The summed E-state index contributed by atoms with van der Waals surface area (Å²) in [5.41, 5.74) is 1.64. The summed E-state index contributed by atoms with van der Waals surface area (Å²) >= 11 is 0. The highest BCUT2D eigenvalue weighted by molar-refractivity contribution is 6.12. The summed E-state index contributed by atoms with van der Waals surface area (Å²) in [6.45, 7) is 0. The number of methoxy groups -OCH3 is 1. The Bertz CT molecular complexity index is 975. The van der Waals surface area contributed by atoms with Crippen LogP contribution in [0, 0.1) is 0 Å². The SMILES string of the molecule is COc1ccc2c(C(=O)Nc3ccc(N(C)C)cc3)cc(=O)oc2c1. The van der Waals surface area contributed by atoms with E-state index in [1.54, 1.807) is 18.2 Å². The molecule has 0 aliphatic heterocycles. The highest BCUT2D eigenvalue weighted by Gasteiger charge is 2.14. The van der Waals surface area contributed by atoms with Crippen LogP contribution < -0.4 is 20.6 Å². The molecule has 0 aliphatic rings. The molecule has 1 aromatic heterocycles. The summed E-state index contributed by atoms with van der Waals surface area (Å²) in [4.78, 5) is 26.4. The van der Waals surface area contributed by atoms with Gasteiger partial charge in [0.1, 0.15) is 11.3 Å². The lowest BCUT2D eigenvalue weighted by Gasteiger charge is -2.13. The summed E-state index contributed by atoms with van der Waals surface area (Å²) < 4.78 is 10.3. The number of carbonyl (C=O) groups is 1. The van der Waals surface area contributed by atoms with Crippen LogP contribution in [-0.2, 0) is 0 Å². The molecule has 6 heteroatoms. The Balaban J connectivity index is 1.95. The molecule has 1 N–H and O–H groups in total. The smallest absolute Gasteiger partial charge is 0.337 e. The van der Waals surface area contributed by atoms with Gasteiger partial charge in [-0.3, -0.25) is 4.79 Å². The van der Waals surface area contributed by atoms with Crippen molar-refractivity contribution >= 4 is 28.3 Å². The van der Waals surface area contributed by atoms with E-state index in [9.17, 15) is 9.59 Å². The summed E-state index contributed by atoms with van der Waals surface area (Å²) in [6.07, 6.45) is 0. The number of rotatable bonds is 4. The molecule has 0 saturated heterocycles. The number of carbonyl (C=O) groups excluding carboxylic acids is 1. The first-order valence-electron chi connectivity index (χ1n) is 7.68. The molecule has 6 nitrogen and oxygen atoms in total. The van der Waals surface area contributed by atoms with Crippen molar-refractivity contribution in [2.45, 2.75) is 0 Å². The number of benzene rings is 2. The molecule has 1 amide bonds. The van der Waals surface area contributed by atoms with Gasteiger partial charge in [-0.25, -0.2) is 4.79 Å². The molecule has 0 spiro atoms. The minimum Gasteiger partial charge on any atom is -0.497 e.